The summed E-state index contributed by atoms with van der Waals surface area (Å²) in [4.78, 5) is 12.0. The van der Waals surface area contributed by atoms with Gasteiger partial charge >= 0.3 is 0 Å². The van der Waals surface area contributed by atoms with Crippen LogP contribution in [0.3, 0.4) is 0 Å². The van der Waals surface area contributed by atoms with Gasteiger partial charge in [0.25, 0.3) is 0 Å². The number of nitrogens with zero attached hydrogens (tertiary/aromatic N) is 4. The van der Waals surface area contributed by atoms with E-state index >= 15 is 0 Å². The molecule has 192 valence electrons. The number of aromatic nitrogens is 2. The van der Waals surface area contributed by atoms with Crippen molar-refractivity contribution in [2.24, 2.45) is 0 Å². The van der Waals surface area contributed by atoms with Crippen LogP contribution in [0.15, 0.2) is 71.6 Å². The van der Waals surface area contributed by atoms with Crippen molar-refractivity contribution in [1.29, 1.82) is 0 Å². The van der Waals surface area contributed by atoms with Crippen LogP contribution >= 0.6 is 0 Å². The van der Waals surface area contributed by atoms with Crippen LogP contribution in [-0.2, 0) is 22.9 Å². The Labute approximate surface area is 217 Å². The Hall–Kier alpha value is -3.36. The zero-order valence-corrected chi connectivity index (χ0v) is 22.0. The summed E-state index contributed by atoms with van der Waals surface area (Å²) in [7, 11) is -3.63. The van der Waals surface area contributed by atoms with Gasteiger partial charge in [0.15, 0.2) is 0 Å². The summed E-state index contributed by atoms with van der Waals surface area (Å²) < 4.78 is 42.6. The number of rotatable bonds is 6. The molecule has 37 heavy (non-hydrogen) atoms. The highest BCUT2D eigenvalue weighted by atomic mass is 32.2. The lowest BCUT2D eigenvalue weighted by molar-refractivity contribution is 0.433. The molecule has 4 aromatic rings. The molecule has 1 aliphatic heterocycles. The summed E-state index contributed by atoms with van der Waals surface area (Å²) in [6.45, 7) is 5.93. The molecule has 1 fully saturated rings. The van der Waals surface area contributed by atoms with Gasteiger partial charge in [-0.2, -0.15) is 4.31 Å². The van der Waals surface area contributed by atoms with Gasteiger partial charge in [0, 0.05) is 43.9 Å². The lowest BCUT2D eigenvalue weighted by Crippen LogP contribution is -2.35. The third-order valence-corrected chi connectivity index (χ3v) is 8.80. The first-order valence-corrected chi connectivity index (χ1v) is 14.1. The van der Waals surface area contributed by atoms with Crippen molar-refractivity contribution in [1.82, 2.24) is 14.3 Å². The minimum atomic E-state index is -3.63. The average molecular weight is 519 g/mol. The Morgan fingerprint density at radius 1 is 0.892 bits per heavy atom. The van der Waals surface area contributed by atoms with Crippen LogP contribution in [0.1, 0.15) is 36.0 Å². The summed E-state index contributed by atoms with van der Waals surface area (Å²) in [5.41, 5.74) is 2.78. The molecule has 1 aromatic heterocycles. The molecule has 6 nitrogen and oxygen atoms in total. The van der Waals surface area contributed by atoms with Crippen LogP contribution < -0.4 is 4.90 Å². The monoisotopic (exact) mass is 518 g/mol. The van der Waals surface area contributed by atoms with Crippen LogP contribution in [0.4, 0.5) is 10.2 Å². The van der Waals surface area contributed by atoms with Crippen molar-refractivity contribution in [3.8, 4) is 0 Å². The fourth-order valence-electron chi connectivity index (χ4n) is 5.05. The number of sulfonamides is 1. The summed E-state index contributed by atoms with van der Waals surface area (Å²) in [6.07, 6.45) is 1.93. The zero-order chi connectivity index (χ0) is 26.0. The van der Waals surface area contributed by atoms with E-state index in [-0.39, 0.29) is 5.82 Å². The van der Waals surface area contributed by atoms with Crippen LogP contribution in [0.25, 0.3) is 10.8 Å². The predicted molar refractivity (Wildman–Crippen MR) is 145 cm³/mol. The second-order valence-electron chi connectivity index (χ2n) is 9.43. The molecule has 0 saturated carbocycles. The first-order chi connectivity index (χ1) is 17.8. The van der Waals surface area contributed by atoms with E-state index in [1.54, 1.807) is 28.6 Å². The van der Waals surface area contributed by atoms with Gasteiger partial charge in [-0.25, -0.2) is 22.8 Å². The molecule has 0 bridgehead atoms. The molecule has 1 saturated heterocycles. The quantitative estimate of drug-likeness (QED) is 0.354. The second kappa shape index (κ2) is 10.6. The molecule has 3 aromatic carbocycles. The maximum Gasteiger partial charge on any atom is 0.243 e. The van der Waals surface area contributed by atoms with E-state index < -0.39 is 10.0 Å². The van der Waals surface area contributed by atoms with E-state index in [1.807, 2.05) is 43.3 Å². The van der Waals surface area contributed by atoms with E-state index in [0.717, 1.165) is 39.8 Å². The number of hydrogen-bond donors (Lipinski definition) is 0. The summed E-state index contributed by atoms with van der Waals surface area (Å²) in [5.74, 6) is 1.23. The van der Waals surface area contributed by atoms with Crippen LogP contribution in [0.2, 0.25) is 0 Å². The Morgan fingerprint density at radius 2 is 1.70 bits per heavy atom. The summed E-state index contributed by atoms with van der Waals surface area (Å²) >= 11 is 0. The maximum absolute atomic E-state index is 13.9. The zero-order valence-electron chi connectivity index (χ0n) is 21.2. The van der Waals surface area contributed by atoms with Crippen LogP contribution in [0.5, 0.6) is 0 Å². The van der Waals surface area contributed by atoms with Crippen LogP contribution in [-0.4, -0.2) is 48.9 Å². The van der Waals surface area contributed by atoms with Crippen molar-refractivity contribution in [2.75, 3.05) is 31.1 Å². The fraction of sp³-hybridized carbons (Fsp3) is 0.310. The van der Waals surface area contributed by atoms with Crippen molar-refractivity contribution in [3.05, 3.63) is 95.2 Å². The molecular formula is C29H31FN4O2S. The Morgan fingerprint density at radius 3 is 2.49 bits per heavy atom. The highest BCUT2D eigenvalue weighted by molar-refractivity contribution is 7.89. The lowest BCUT2D eigenvalue weighted by Gasteiger charge is -2.26. The first kappa shape index (κ1) is 25.3. The number of fused-ring (bicyclic) bond motifs is 1. The van der Waals surface area contributed by atoms with Gasteiger partial charge in [-0.1, -0.05) is 49.4 Å². The van der Waals surface area contributed by atoms with Gasteiger partial charge in [-0.05, 0) is 60.4 Å². The fourth-order valence-corrected chi connectivity index (χ4v) is 6.55. The third-order valence-electron chi connectivity index (χ3n) is 6.90. The number of hydrogen-bond acceptors (Lipinski definition) is 5. The molecular weight excluding hydrogens is 487 g/mol. The minimum Gasteiger partial charge on any atom is -0.355 e. The summed E-state index contributed by atoms with van der Waals surface area (Å²) in [5, 5.41) is 1.92. The topological polar surface area (TPSA) is 66.4 Å². The van der Waals surface area contributed by atoms with Crippen molar-refractivity contribution >= 4 is 26.6 Å². The largest absolute Gasteiger partial charge is 0.355 e. The van der Waals surface area contributed by atoms with Crippen molar-refractivity contribution in [2.45, 2.75) is 38.0 Å². The number of anilines is 1. The second-order valence-corrected chi connectivity index (χ2v) is 11.4. The Kier molecular flexibility index (Phi) is 7.22. The van der Waals surface area contributed by atoms with Gasteiger partial charge in [-0.3, -0.25) is 0 Å². The van der Waals surface area contributed by atoms with Gasteiger partial charge in [0.2, 0.25) is 10.0 Å². The van der Waals surface area contributed by atoms with Crippen LogP contribution in [0, 0.1) is 12.7 Å². The van der Waals surface area contributed by atoms with E-state index in [9.17, 15) is 12.8 Å². The van der Waals surface area contributed by atoms with E-state index in [4.69, 9.17) is 4.98 Å². The molecule has 0 N–H and O–H groups in total. The molecule has 0 amide bonds. The molecule has 5 rings (SSSR count). The number of benzene rings is 3. The Bertz CT molecular complexity index is 1540. The third kappa shape index (κ3) is 5.36. The standard InChI is InChI=1S/C29H31FN4O2S/c1-3-28-27(19-22-8-6-11-25(30)18-22)29(32-21(2)31-28)33-14-7-15-34(17-16-33)37(35,36)26-13-12-23-9-4-5-10-24(23)20-26/h4-6,8-13,18,20H,3,7,14-17,19H2,1-2H3. The summed E-state index contributed by atoms with van der Waals surface area (Å²) in [6, 6.07) is 19.7. The van der Waals surface area contributed by atoms with Gasteiger partial charge in [0.1, 0.15) is 17.5 Å². The lowest BCUT2D eigenvalue weighted by atomic mass is 10.0. The number of aryl methyl sites for hydroxylation is 2. The molecule has 2 heterocycles. The molecule has 1 aliphatic rings. The molecule has 0 aliphatic carbocycles. The van der Waals surface area contributed by atoms with Crippen molar-refractivity contribution < 1.29 is 12.8 Å². The predicted octanol–water partition coefficient (Wildman–Crippen LogP) is 5.13. The molecule has 0 radical (unpaired) electrons. The normalized spacial score (nSPS) is 15.2. The number of halogens is 1. The van der Waals surface area contributed by atoms with Gasteiger partial charge in [0.05, 0.1) is 4.90 Å². The molecule has 0 atom stereocenters. The van der Waals surface area contributed by atoms with E-state index in [0.29, 0.717) is 49.7 Å². The average Bonchev–Trinajstić information content (AvgIpc) is 3.16. The van der Waals surface area contributed by atoms with E-state index in [2.05, 4.69) is 16.8 Å². The molecule has 0 unspecified atom stereocenters. The van der Waals surface area contributed by atoms with Crippen molar-refractivity contribution in [3.63, 3.8) is 0 Å². The first-order valence-electron chi connectivity index (χ1n) is 12.7. The highest BCUT2D eigenvalue weighted by Crippen LogP contribution is 2.28. The highest BCUT2D eigenvalue weighted by Gasteiger charge is 2.29. The SMILES string of the molecule is CCc1nc(C)nc(N2CCCN(S(=O)(=O)c3ccc4ccccc4c3)CC2)c1Cc1cccc(F)c1. The van der Waals surface area contributed by atoms with Gasteiger partial charge < -0.3 is 4.90 Å². The molecule has 8 heteroatoms. The van der Waals surface area contributed by atoms with Gasteiger partial charge in [-0.15, -0.1) is 0 Å². The smallest absolute Gasteiger partial charge is 0.243 e. The minimum absolute atomic E-state index is 0.269. The molecule has 0 spiro atoms. The Balaban J connectivity index is 1.42. The maximum atomic E-state index is 13.9. The van der Waals surface area contributed by atoms with E-state index in [1.165, 1.54) is 6.07 Å².